The Morgan fingerprint density at radius 1 is 0.963 bits per heavy atom. The molecule has 0 radical (unpaired) electrons. The number of anilines is 1. The molecule has 3 aromatic rings. The highest BCUT2D eigenvalue weighted by molar-refractivity contribution is 6.21. The third-order valence-electron chi connectivity index (χ3n) is 5.09. The Bertz CT molecular complexity index is 1140. The van der Waals surface area contributed by atoms with E-state index in [2.05, 4.69) is 15.1 Å². The average Bonchev–Trinajstić information content (AvgIpc) is 3.22. The van der Waals surface area contributed by atoms with Crippen molar-refractivity contribution in [3.63, 3.8) is 0 Å². The maximum Gasteiger partial charge on any atom is 0.254 e. The Morgan fingerprint density at radius 3 is 2.30 bits per heavy atom. The van der Waals surface area contributed by atoms with Crippen LogP contribution in [0.1, 0.15) is 12.8 Å². The second kappa shape index (κ2) is 5.73. The van der Waals surface area contributed by atoms with E-state index in [1.165, 1.54) is 10.6 Å². The number of rotatable bonds is 2. The highest BCUT2D eigenvalue weighted by Gasteiger charge is 2.48. The molecule has 0 spiro atoms. The molecule has 2 aliphatic rings. The number of hydrogen-bond donors (Lipinski definition) is 1. The van der Waals surface area contributed by atoms with Crippen molar-refractivity contribution in [3.8, 4) is 11.4 Å². The fraction of sp³-hybridized carbons (Fsp3) is 0.211. The van der Waals surface area contributed by atoms with E-state index < -0.39 is 5.56 Å². The standard InChI is InChI=1S/C19H15N5O3/c25-14-10-15(23-17(26)12-8-4-5-9-13(12)18(23)27)24-19(20-14)21-16(22-24)11-6-2-1-3-7-11/h1-7,10,12-13H,8-9H2,(H,20,21,22,25)/t12-,13-/m1/s1. The Hall–Kier alpha value is -3.55. The third-order valence-corrected chi connectivity index (χ3v) is 5.09. The molecule has 1 fully saturated rings. The molecular weight excluding hydrogens is 346 g/mol. The Balaban J connectivity index is 1.67. The minimum Gasteiger partial charge on any atom is -0.291 e. The van der Waals surface area contributed by atoms with Crippen molar-refractivity contribution in [2.75, 3.05) is 4.90 Å². The van der Waals surface area contributed by atoms with E-state index in [1.807, 2.05) is 42.5 Å². The van der Waals surface area contributed by atoms with Crippen molar-refractivity contribution >= 4 is 23.4 Å². The molecule has 1 N–H and O–H groups in total. The van der Waals surface area contributed by atoms with Crippen LogP contribution < -0.4 is 10.5 Å². The number of nitrogens with one attached hydrogen (secondary N) is 1. The highest BCUT2D eigenvalue weighted by Crippen LogP contribution is 2.37. The van der Waals surface area contributed by atoms with Crippen molar-refractivity contribution in [2.24, 2.45) is 11.8 Å². The van der Waals surface area contributed by atoms with Gasteiger partial charge in [0.25, 0.3) is 5.56 Å². The zero-order chi connectivity index (χ0) is 18.5. The molecular formula is C19H15N5O3. The molecule has 2 amide bonds. The molecule has 8 heteroatoms. The molecule has 1 aliphatic heterocycles. The van der Waals surface area contributed by atoms with E-state index in [0.29, 0.717) is 18.7 Å². The van der Waals surface area contributed by atoms with Gasteiger partial charge in [0.2, 0.25) is 17.6 Å². The van der Waals surface area contributed by atoms with Crippen LogP contribution in [0, 0.1) is 11.8 Å². The summed E-state index contributed by atoms with van der Waals surface area (Å²) in [6, 6.07) is 10.5. The van der Waals surface area contributed by atoms with Crippen LogP contribution in [0.5, 0.6) is 0 Å². The number of aromatic nitrogens is 4. The van der Waals surface area contributed by atoms with Crippen LogP contribution in [0.3, 0.4) is 0 Å². The molecule has 5 rings (SSSR count). The van der Waals surface area contributed by atoms with E-state index in [9.17, 15) is 14.4 Å². The molecule has 8 nitrogen and oxygen atoms in total. The van der Waals surface area contributed by atoms with Gasteiger partial charge in [-0.2, -0.15) is 9.50 Å². The lowest BCUT2D eigenvalue weighted by molar-refractivity contribution is -0.122. The van der Waals surface area contributed by atoms with E-state index >= 15 is 0 Å². The van der Waals surface area contributed by atoms with Gasteiger partial charge in [-0.25, -0.2) is 4.90 Å². The first-order valence-electron chi connectivity index (χ1n) is 8.72. The summed E-state index contributed by atoms with van der Waals surface area (Å²) in [5, 5.41) is 4.43. The topological polar surface area (TPSA) is 100 Å². The number of allylic oxidation sites excluding steroid dienone is 2. The molecule has 1 saturated heterocycles. The quantitative estimate of drug-likeness (QED) is 0.551. The van der Waals surface area contributed by atoms with Crippen molar-refractivity contribution in [1.82, 2.24) is 19.6 Å². The molecule has 1 aromatic carbocycles. The molecule has 27 heavy (non-hydrogen) atoms. The predicted molar refractivity (Wildman–Crippen MR) is 96.9 cm³/mol. The highest BCUT2D eigenvalue weighted by atomic mass is 16.2. The molecule has 2 aromatic heterocycles. The number of hydrogen-bond acceptors (Lipinski definition) is 5. The molecule has 0 bridgehead atoms. The molecule has 2 atom stereocenters. The second-order valence-corrected chi connectivity index (χ2v) is 6.70. The van der Waals surface area contributed by atoms with Crippen molar-refractivity contribution < 1.29 is 9.59 Å². The maximum atomic E-state index is 12.9. The lowest BCUT2D eigenvalue weighted by Crippen LogP contribution is -2.34. The third kappa shape index (κ3) is 2.33. The number of aromatic amines is 1. The van der Waals surface area contributed by atoms with Gasteiger partial charge in [0.1, 0.15) is 0 Å². The Labute approximate surface area is 153 Å². The van der Waals surface area contributed by atoms with Gasteiger partial charge in [-0.3, -0.25) is 19.4 Å². The van der Waals surface area contributed by atoms with Gasteiger partial charge in [0.05, 0.1) is 11.8 Å². The molecule has 134 valence electrons. The van der Waals surface area contributed by atoms with Crippen LogP contribution >= 0.6 is 0 Å². The van der Waals surface area contributed by atoms with Crippen LogP contribution in [0.4, 0.5) is 5.82 Å². The van der Waals surface area contributed by atoms with Crippen molar-refractivity contribution in [2.45, 2.75) is 12.8 Å². The minimum atomic E-state index is -0.446. The van der Waals surface area contributed by atoms with Gasteiger partial charge >= 0.3 is 0 Å². The lowest BCUT2D eigenvalue weighted by atomic mass is 9.85. The zero-order valence-electron chi connectivity index (χ0n) is 14.2. The smallest absolute Gasteiger partial charge is 0.254 e. The van der Waals surface area contributed by atoms with E-state index in [1.54, 1.807) is 0 Å². The summed E-state index contributed by atoms with van der Waals surface area (Å²) >= 11 is 0. The fourth-order valence-corrected chi connectivity index (χ4v) is 3.77. The number of benzene rings is 1. The zero-order valence-corrected chi connectivity index (χ0v) is 14.2. The fourth-order valence-electron chi connectivity index (χ4n) is 3.77. The molecule has 0 saturated carbocycles. The summed E-state index contributed by atoms with van der Waals surface area (Å²) in [5.74, 6) is -0.631. The van der Waals surface area contributed by atoms with Crippen LogP contribution in [-0.2, 0) is 9.59 Å². The summed E-state index contributed by atoms with van der Waals surface area (Å²) in [7, 11) is 0. The summed E-state index contributed by atoms with van der Waals surface area (Å²) in [6.07, 6.45) is 4.91. The van der Waals surface area contributed by atoms with Crippen molar-refractivity contribution in [3.05, 3.63) is 58.9 Å². The molecule has 0 unspecified atom stereocenters. The van der Waals surface area contributed by atoms with E-state index in [4.69, 9.17) is 0 Å². The Kier molecular flexibility index (Phi) is 3.33. The first-order chi connectivity index (χ1) is 13.1. The number of nitrogens with zero attached hydrogens (tertiary/aromatic N) is 4. The number of carbonyl (C=O) groups excluding carboxylic acids is 2. The summed E-state index contributed by atoms with van der Waals surface area (Å²) < 4.78 is 1.35. The van der Waals surface area contributed by atoms with Crippen LogP contribution in [-0.4, -0.2) is 31.4 Å². The summed E-state index contributed by atoms with van der Waals surface area (Å²) in [4.78, 5) is 45.9. The minimum absolute atomic E-state index is 0.132. The molecule has 1 aliphatic carbocycles. The monoisotopic (exact) mass is 361 g/mol. The van der Waals surface area contributed by atoms with Gasteiger partial charge in [-0.15, -0.1) is 5.10 Å². The lowest BCUT2D eigenvalue weighted by Gasteiger charge is -2.14. The first-order valence-corrected chi connectivity index (χ1v) is 8.72. The van der Waals surface area contributed by atoms with Crippen LogP contribution in [0.15, 0.2) is 53.3 Å². The number of fused-ring (bicyclic) bond motifs is 2. The van der Waals surface area contributed by atoms with Gasteiger partial charge < -0.3 is 0 Å². The second-order valence-electron chi connectivity index (χ2n) is 6.70. The normalized spacial score (nSPS) is 21.9. The number of carbonyl (C=O) groups is 2. The number of imide groups is 1. The van der Waals surface area contributed by atoms with Crippen LogP contribution in [0.2, 0.25) is 0 Å². The SMILES string of the molecule is O=C1[C@@H]2CC=CC[C@H]2C(=O)N1c1cc(=O)[nH]c2nc(-c3ccccc3)nn12. The average molecular weight is 361 g/mol. The summed E-state index contributed by atoms with van der Waals surface area (Å²) in [5.41, 5.74) is 0.322. The maximum absolute atomic E-state index is 12.9. The van der Waals surface area contributed by atoms with Gasteiger partial charge in [-0.05, 0) is 12.8 Å². The van der Waals surface area contributed by atoms with Gasteiger partial charge in [0.15, 0.2) is 11.6 Å². The van der Waals surface area contributed by atoms with E-state index in [-0.39, 0.29) is 35.2 Å². The number of H-pyrrole nitrogens is 1. The van der Waals surface area contributed by atoms with E-state index in [0.717, 1.165) is 10.5 Å². The largest absolute Gasteiger partial charge is 0.291 e. The summed E-state index contributed by atoms with van der Waals surface area (Å²) in [6.45, 7) is 0. The molecule has 3 heterocycles. The Morgan fingerprint density at radius 2 is 1.63 bits per heavy atom. The first kappa shape index (κ1) is 15.7. The van der Waals surface area contributed by atoms with Crippen LogP contribution in [0.25, 0.3) is 17.2 Å². The van der Waals surface area contributed by atoms with Crippen molar-refractivity contribution in [1.29, 1.82) is 0 Å². The number of amides is 2. The van der Waals surface area contributed by atoms with Gasteiger partial charge in [-0.1, -0.05) is 42.5 Å². The van der Waals surface area contributed by atoms with Gasteiger partial charge in [0, 0.05) is 11.6 Å². The predicted octanol–water partition coefficient (Wildman–Crippen LogP) is 1.54.